The molecule has 0 atom stereocenters. The second kappa shape index (κ2) is 23.2. The van der Waals surface area contributed by atoms with Gasteiger partial charge in [-0.3, -0.25) is 5.43 Å². The average molecular weight is 151 g/mol. The predicted molar refractivity (Wildman–Crippen MR) is 45.7 cm³/mol. The van der Waals surface area contributed by atoms with Crippen molar-refractivity contribution in [3.05, 3.63) is 0 Å². The first-order valence-electron chi connectivity index (χ1n) is 3.52. The molecule has 0 saturated heterocycles. The summed E-state index contributed by atoms with van der Waals surface area (Å²) in [4.78, 5) is 0. The summed E-state index contributed by atoms with van der Waals surface area (Å²) in [5.74, 6) is 0. The largest absolute Gasteiger partial charge is 0.412 e. The molecular formula is C6H21N3O. The summed E-state index contributed by atoms with van der Waals surface area (Å²) in [5, 5.41) is 3.08. The van der Waals surface area contributed by atoms with Crippen molar-refractivity contribution in [3.63, 3.8) is 0 Å². The van der Waals surface area contributed by atoms with Gasteiger partial charge in [0.05, 0.1) is 6.67 Å². The highest BCUT2D eigenvalue weighted by molar-refractivity contribution is 4.31. The third-order valence-corrected chi connectivity index (χ3v) is 0.640. The molecule has 0 spiro atoms. The highest BCUT2D eigenvalue weighted by Gasteiger charge is 1.72. The van der Waals surface area contributed by atoms with E-state index in [1.165, 1.54) is 0 Å². The molecule has 0 radical (unpaired) electrons. The molecule has 4 nitrogen and oxygen atoms in total. The molecule has 0 aromatic carbocycles. The second-order valence-electron chi connectivity index (χ2n) is 1.21. The van der Waals surface area contributed by atoms with Crippen molar-refractivity contribution in [2.24, 2.45) is 0 Å². The van der Waals surface area contributed by atoms with Crippen LogP contribution in [-0.4, -0.2) is 25.7 Å². The monoisotopic (exact) mass is 151 g/mol. The average Bonchev–Trinajstić information content (AvgIpc) is 1.94. The van der Waals surface area contributed by atoms with Crippen molar-refractivity contribution in [1.82, 2.24) is 16.2 Å². The molecule has 0 rings (SSSR count). The van der Waals surface area contributed by atoms with Gasteiger partial charge in [0.2, 0.25) is 0 Å². The number of rotatable bonds is 4. The standard InChI is InChI=1S/C4H13N3.C2H6.H2O/c1-3-6-4-7-5-2;1-2;/h5-7H,3-4H2,1-2H3;1-2H3;1H2. The molecule has 5 N–H and O–H groups in total. The fraction of sp³-hybridized carbons (Fsp3) is 1.00. The third kappa shape index (κ3) is 24.9. The van der Waals surface area contributed by atoms with E-state index < -0.39 is 0 Å². The zero-order chi connectivity index (χ0) is 7.54. The van der Waals surface area contributed by atoms with E-state index in [4.69, 9.17) is 0 Å². The first-order valence-corrected chi connectivity index (χ1v) is 3.52. The topological polar surface area (TPSA) is 67.6 Å². The van der Waals surface area contributed by atoms with E-state index in [9.17, 15) is 0 Å². The van der Waals surface area contributed by atoms with E-state index in [1.54, 1.807) is 0 Å². The Morgan fingerprint density at radius 2 is 1.70 bits per heavy atom. The van der Waals surface area contributed by atoms with Crippen LogP contribution in [0.2, 0.25) is 0 Å². The summed E-state index contributed by atoms with van der Waals surface area (Å²) in [5.41, 5.74) is 5.68. The summed E-state index contributed by atoms with van der Waals surface area (Å²) in [6.45, 7) is 7.90. The van der Waals surface area contributed by atoms with Gasteiger partial charge in [0.25, 0.3) is 0 Å². The van der Waals surface area contributed by atoms with E-state index in [1.807, 2.05) is 20.9 Å². The fourth-order valence-corrected chi connectivity index (χ4v) is 0.276. The van der Waals surface area contributed by atoms with E-state index in [0.29, 0.717) is 0 Å². The molecule has 66 valence electrons. The van der Waals surface area contributed by atoms with Gasteiger partial charge in [0.15, 0.2) is 0 Å². The van der Waals surface area contributed by atoms with Crippen molar-refractivity contribution in [1.29, 1.82) is 0 Å². The Morgan fingerprint density at radius 3 is 2.00 bits per heavy atom. The molecule has 0 aliphatic heterocycles. The Labute approximate surface area is 63.7 Å². The Hall–Kier alpha value is -0.160. The lowest BCUT2D eigenvalue weighted by atomic mass is 10.8. The Balaban J connectivity index is -0.000000149. The van der Waals surface area contributed by atoms with Gasteiger partial charge in [-0.05, 0) is 13.6 Å². The maximum Gasteiger partial charge on any atom is 0.0589 e. The summed E-state index contributed by atoms with van der Waals surface area (Å²) in [7, 11) is 1.84. The van der Waals surface area contributed by atoms with E-state index in [2.05, 4.69) is 23.1 Å². The molecular weight excluding hydrogens is 130 g/mol. The van der Waals surface area contributed by atoms with Gasteiger partial charge in [-0.2, -0.15) is 0 Å². The highest BCUT2D eigenvalue weighted by atomic mass is 16.0. The van der Waals surface area contributed by atoms with Gasteiger partial charge in [-0.15, -0.1) is 0 Å². The van der Waals surface area contributed by atoms with Crippen molar-refractivity contribution in [2.45, 2.75) is 20.8 Å². The summed E-state index contributed by atoms with van der Waals surface area (Å²) in [6, 6.07) is 0. The predicted octanol–water partition coefficient (Wildman–Crippen LogP) is -0.521. The highest BCUT2D eigenvalue weighted by Crippen LogP contribution is 1.45. The smallest absolute Gasteiger partial charge is 0.0589 e. The molecule has 4 heteroatoms. The quantitative estimate of drug-likeness (QED) is 0.288. The van der Waals surface area contributed by atoms with Gasteiger partial charge < -0.3 is 10.8 Å². The van der Waals surface area contributed by atoms with Crippen LogP contribution >= 0.6 is 0 Å². The first-order chi connectivity index (χ1) is 4.41. The van der Waals surface area contributed by atoms with Crippen molar-refractivity contribution >= 4 is 0 Å². The number of hydrogen-bond donors (Lipinski definition) is 3. The van der Waals surface area contributed by atoms with Crippen LogP contribution in [0.25, 0.3) is 0 Å². The normalized spacial score (nSPS) is 7.20. The van der Waals surface area contributed by atoms with E-state index in [-0.39, 0.29) is 5.48 Å². The SMILES string of the molecule is CC.CCNCNNC.O. The van der Waals surface area contributed by atoms with Gasteiger partial charge in [0.1, 0.15) is 0 Å². The van der Waals surface area contributed by atoms with Crippen LogP contribution in [0.15, 0.2) is 0 Å². The van der Waals surface area contributed by atoms with Gasteiger partial charge in [0, 0.05) is 0 Å². The van der Waals surface area contributed by atoms with Crippen LogP contribution in [0.3, 0.4) is 0 Å². The van der Waals surface area contributed by atoms with Crippen LogP contribution < -0.4 is 16.2 Å². The van der Waals surface area contributed by atoms with E-state index >= 15 is 0 Å². The molecule has 0 aliphatic carbocycles. The van der Waals surface area contributed by atoms with Gasteiger partial charge >= 0.3 is 0 Å². The zero-order valence-corrected chi connectivity index (χ0v) is 7.41. The molecule has 0 aliphatic rings. The van der Waals surface area contributed by atoms with Crippen LogP contribution in [0.4, 0.5) is 0 Å². The van der Waals surface area contributed by atoms with E-state index in [0.717, 1.165) is 13.2 Å². The molecule has 0 amide bonds. The first kappa shape index (κ1) is 16.4. The minimum atomic E-state index is 0. The van der Waals surface area contributed by atoms with Crippen molar-refractivity contribution in [3.8, 4) is 0 Å². The molecule has 0 unspecified atom stereocenters. The minimum Gasteiger partial charge on any atom is -0.412 e. The summed E-state index contributed by atoms with van der Waals surface area (Å²) in [6.07, 6.45) is 0. The van der Waals surface area contributed by atoms with Crippen LogP contribution in [-0.2, 0) is 0 Å². The molecule has 0 aromatic rings. The van der Waals surface area contributed by atoms with Crippen LogP contribution in [0.1, 0.15) is 20.8 Å². The minimum absolute atomic E-state index is 0. The Bertz CT molecular complexity index is 32.2. The maximum atomic E-state index is 3.08. The number of hydrogen-bond acceptors (Lipinski definition) is 3. The lowest BCUT2D eigenvalue weighted by Gasteiger charge is -1.99. The lowest BCUT2D eigenvalue weighted by molar-refractivity contribution is 0.538. The molecule has 10 heavy (non-hydrogen) atoms. The fourth-order valence-electron chi connectivity index (χ4n) is 0.276. The second-order valence-corrected chi connectivity index (χ2v) is 1.21. The molecule has 0 aromatic heterocycles. The molecule has 0 heterocycles. The molecule has 0 fully saturated rings. The Morgan fingerprint density at radius 1 is 1.20 bits per heavy atom. The molecule has 0 saturated carbocycles. The van der Waals surface area contributed by atoms with Crippen LogP contribution in [0, 0.1) is 0 Å². The third-order valence-electron chi connectivity index (χ3n) is 0.640. The van der Waals surface area contributed by atoms with Gasteiger partial charge in [-0.25, -0.2) is 5.43 Å². The summed E-state index contributed by atoms with van der Waals surface area (Å²) < 4.78 is 0. The van der Waals surface area contributed by atoms with Crippen molar-refractivity contribution in [2.75, 3.05) is 20.3 Å². The lowest BCUT2D eigenvalue weighted by Crippen LogP contribution is -2.36. The Kier molecular flexibility index (Phi) is 38.1. The van der Waals surface area contributed by atoms with Crippen LogP contribution in [0.5, 0.6) is 0 Å². The maximum absolute atomic E-state index is 3.08. The number of nitrogens with one attached hydrogen (secondary N) is 3. The van der Waals surface area contributed by atoms with Crippen molar-refractivity contribution < 1.29 is 5.48 Å². The summed E-state index contributed by atoms with van der Waals surface area (Å²) >= 11 is 0. The number of hydrazine groups is 1. The zero-order valence-electron chi connectivity index (χ0n) is 7.41. The molecule has 0 bridgehead atoms. The van der Waals surface area contributed by atoms with Gasteiger partial charge in [-0.1, -0.05) is 20.8 Å².